The smallest absolute Gasteiger partial charge is 0.154 e. The molecule has 15 heavy (non-hydrogen) atoms. The van der Waals surface area contributed by atoms with Gasteiger partial charge in [-0.05, 0) is 18.4 Å². The minimum atomic E-state index is -2.97. The summed E-state index contributed by atoms with van der Waals surface area (Å²) in [5.74, 6) is 0.285. The van der Waals surface area contributed by atoms with Gasteiger partial charge in [0.2, 0.25) is 0 Å². The molecule has 2 atom stereocenters. The van der Waals surface area contributed by atoms with Crippen LogP contribution in [0.15, 0.2) is 30.3 Å². The van der Waals surface area contributed by atoms with Crippen molar-refractivity contribution in [3.8, 4) is 0 Å². The molecule has 1 aromatic rings. The van der Waals surface area contributed by atoms with Gasteiger partial charge in [0, 0.05) is 0 Å². The predicted octanol–water partition coefficient (Wildman–Crippen LogP) is 2.54. The van der Waals surface area contributed by atoms with E-state index in [1.165, 1.54) is 0 Å². The van der Waals surface area contributed by atoms with Crippen molar-refractivity contribution in [2.75, 3.05) is 5.75 Å². The van der Waals surface area contributed by atoms with Crippen molar-refractivity contribution in [2.45, 2.75) is 23.5 Å². The molecule has 82 valence electrons. The number of rotatable bonds is 2. The molecule has 1 fully saturated rings. The summed E-state index contributed by atoms with van der Waals surface area (Å²) in [6, 6.07) is 9.42. The standard InChI is InChI=1S/C11H13ClO2S/c12-11(9-5-2-1-3-6-9)10-7-4-8-15(10,13)14/h1-3,5-6,10-11H,4,7-8H2/t10-,11+/m0/s1. The summed E-state index contributed by atoms with van der Waals surface area (Å²) in [6.45, 7) is 0. The van der Waals surface area contributed by atoms with E-state index in [1.807, 2.05) is 30.3 Å². The fourth-order valence-corrected chi connectivity index (χ4v) is 4.66. The summed E-state index contributed by atoms with van der Waals surface area (Å²) >= 11 is 6.22. The molecule has 1 saturated heterocycles. The first-order valence-electron chi connectivity index (χ1n) is 5.02. The highest BCUT2D eigenvalue weighted by molar-refractivity contribution is 7.92. The van der Waals surface area contributed by atoms with Crippen molar-refractivity contribution in [3.63, 3.8) is 0 Å². The van der Waals surface area contributed by atoms with Gasteiger partial charge in [-0.15, -0.1) is 11.6 Å². The quantitative estimate of drug-likeness (QED) is 0.750. The molecule has 1 aromatic carbocycles. The van der Waals surface area contributed by atoms with Gasteiger partial charge in [0.15, 0.2) is 9.84 Å². The Labute approximate surface area is 95.2 Å². The molecule has 0 aliphatic carbocycles. The van der Waals surface area contributed by atoms with Gasteiger partial charge in [-0.1, -0.05) is 30.3 Å². The van der Waals surface area contributed by atoms with Crippen LogP contribution in [0.4, 0.5) is 0 Å². The molecule has 0 amide bonds. The van der Waals surface area contributed by atoms with Gasteiger partial charge in [0.25, 0.3) is 0 Å². The van der Waals surface area contributed by atoms with Crippen molar-refractivity contribution >= 4 is 21.4 Å². The van der Waals surface area contributed by atoms with Crippen LogP contribution in [0, 0.1) is 0 Å². The van der Waals surface area contributed by atoms with Gasteiger partial charge in [-0.3, -0.25) is 0 Å². The van der Waals surface area contributed by atoms with Crippen LogP contribution in [0.25, 0.3) is 0 Å². The second kappa shape index (κ2) is 4.14. The molecule has 2 nitrogen and oxygen atoms in total. The fourth-order valence-electron chi connectivity index (χ4n) is 2.00. The third kappa shape index (κ3) is 2.18. The van der Waals surface area contributed by atoms with E-state index in [2.05, 4.69) is 0 Å². The largest absolute Gasteiger partial charge is 0.228 e. The lowest BCUT2D eigenvalue weighted by atomic mass is 10.1. The maximum absolute atomic E-state index is 11.7. The Balaban J connectivity index is 2.26. The Morgan fingerprint density at radius 2 is 1.93 bits per heavy atom. The summed E-state index contributed by atoms with van der Waals surface area (Å²) in [5, 5.41) is -0.805. The van der Waals surface area contributed by atoms with Crippen molar-refractivity contribution in [1.82, 2.24) is 0 Å². The van der Waals surface area contributed by atoms with Crippen molar-refractivity contribution in [2.24, 2.45) is 0 Å². The van der Waals surface area contributed by atoms with Gasteiger partial charge in [-0.2, -0.15) is 0 Å². The van der Waals surface area contributed by atoms with E-state index in [1.54, 1.807) is 0 Å². The molecule has 1 heterocycles. The number of hydrogen-bond acceptors (Lipinski definition) is 2. The third-order valence-corrected chi connectivity index (χ3v) is 5.82. The molecule has 0 aromatic heterocycles. The van der Waals surface area contributed by atoms with Crippen LogP contribution in [-0.4, -0.2) is 19.4 Å². The number of sulfone groups is 1. The van der Waals surface area contributed by atoms with Gasteiger partial charge in [-0.25, -0.2) is 8.42 Å². The van der Waals surface area contributed by atoms with Gasteiger partial charge < -0.3 is 0 Å². The lowest BCUT2D eigenvalue weighted by molar-refractivity contribution is 0.586. The van der Waals surface area contributed by atoms with Crippen LogP contribution >= 0.6 is 11.6 Å². The van der Waals surface area contributed by atoms with E-state index in [0.29, 0.717) is 6.42 Å². The first kappa shape index (κ1) is 11.0. The monoisotopic (exact) mass is 244 g/mol. The molecular weight excluding hydrogens is 232 g/mol. The van der Waals surface area contributed by atoms with Crippen LogP contribution in [0.3, 0.4) is 0 Å². The zero-order valence-corrected chi connectivity index (χ0v) is 9.84. The number of benzene rings is 1. The van der Waals surface area contributed by atoms with Gasteiger partial charge in [0.1, 0.15) is 0 Å². The van der Waals surface area contributed by atoms with Gasteiger partial charge in [0.05, 0.1) is 16.4 Å². The minimum Gasteiger partial charge on any atom is -0.228 e. The maximum atomic E-state index is 11.7. The average Bonchev–Trinajstić information content (AvgIpc) is 2.58. The Kier molecular flexibility index (Phi) is 3.03. The van der Waals surface area contributed by atoms with Crippen LogP contribution < -0.4 is 0 Å². The summed E-state index contributed by atoms with van der Waals surface area (Å²) in [5.41, 5.74) is 0.898. The SMILES string of the molecule is O=S1(=O)CCC[C@H]1[C@H](Cl)c1ccccc1. The molecule has 2 rings (SSSR count). The summed E-state index contributed by atoms with van der Waals surface area (Å²) in [7, 11) is -2.97. The number of alkyl halides is 1. The van der Waals surface area contributed by atoms with Crippen LogP contribution in [0.2, 0.25) is 0 Å². The maximum Gasteiger partial charge on any atom is 0.154 e. The Morgan fingerprint density at radius 3 is 2.47 bits per heavy atom. The normalized spacial score (nSPS) is 26.3. The van der Waals surface area contributed by atoms with Crippen molar-refractivity contribution in [3.05, 3.63) is 35.9 Å². The van der Waals surface area contributed by atoms with E-state index in [9.17, 15) is 8.42 Å². The van der Waals surface area contributed by atoms with Crippen molar-refractivity contribution < 1.29 is 8.42 Å². The van der Waals surface area contributed by atoms with Crippen LogP contribution in [0.5, 0.6) is 0 Å². The second-order valence-electron chi connectivity index (χ2n) is 3.86. The molecule has 0 N–H and O–H groups in total. The van der Waals surface area contributed by atoms with Crippen LogP contribution in [0.1, 0.15) is 23.8 Å². The number of halogens is 1. The molecule has 0 saturated carbocycles. The molecule has 0 spiro atoms. The number of hydrogen-bond donors (Lipinski definition) is 0. The van der Waals surface area contributed by atoms with E-state index in [4.69, 9.17) is 11.6 Å². The van der Waals surface area contributed by atoms with Crippen molar-refractivity contribution in [1.29, 1.82) is 0 Å². The zero-order chi connectivity index (χ0) is 10.9. The van der Waals surface area contributed by atoms with E-state index < -0.39 is 20.5 Å². The highest BCUT2D eigenvalue weighted by Gasteiger charge is 2.37. The highest BCUT2D eigenvalue weighted by Crippen LogP contribution is 2.35. The summed E-state index contributed by atoms with van der Waals surface area (Å²) in [6.07, 6.45) is 1.43. The molecule has 1 aliphatic heterocycles. The Bertz CT molecular complexity index is 427. The summed E-state index contributed by atoms with van der Waals surface area (Å²) in [4.78, 5) is 0. The molecule has 0 radical (unpaired) electrons. The molecule has 0 unspecified atom stereocenters. The van der Waals surface area contributed by atoms with Gasteiger partial charge >= 0.3 is 0 Å². The first-order chi connectivity index (χ1) is 7.11. The lowest BCUT2D eigenvalue weighted by Gasteiger charge is -2.16. The predicted molar refractivity (Wildman–Crippen MR) is 61.8 cm³/mol. The van der Waals surface area contributed by atoms with E-state index >= 15 is 0 Å². The first-order valence-corrected chi connectivity index (χ1v) is 7.17. The fraction of sp³-hybridized carbons (Fsp3) is 0.455. The van der Waals surface area contributed by atoms with E-state index in [-0.39, 0.29) is 5.75 Å². The lowest BCUT2D eigenvalue weighted by Crippen LogP contribution is -2.21. The zero-order valence-electron chi connectivity index (χ0n) is 8.27. The second-order valence-corrected chi connectivity index (χ2v) is 6.67. The van der Waals surface area contributed by atoms with Crippen LogP contribution in [-0.2, 0) is 9.84 Å². The molecule has 1 aliphatic rings. The molecular formula is C11H13ClO2S. The average molecular weight is 245 g/mol. The third-order valence-electron chi connectivity index (χ3n) is 2.82. The minimum absolute atomic E-state index is 0.285. The topological polar surface area (TPSA) is 34.1 Å². The Morgan fingerprint density at radius 1 is 1.27 bits per heavy atom. The van der Waals surface area contributed by atoms with E-state index in [0.717, 1.165) is 12.0 Å². The Hall–Kier alpha value is -0.540. The molecule has 4 heteroatoms. The molecule has 0 bridgehead atoms. The highest BCUT2D eigenvalue weighted by atomic mass is 35.5. The summed E-state index contributed by atoms with van der Waals surface area (Å²) < 4.78 is 23.4.